The van der Waals surface area contributed by atoms with Gasteiger partial charge in [-0.2, -0.15) is 0 Å². The zero-order valence-corrected chi connectivity index (χ0v) is 13.4. The zero-order chi connectivity index (χ0) is 14.8. The highest BCUT2D eigenvalue weighted by Gasteiger charge is 2.24. The van der Waals surface area contributed by atoms with Crippen LogP contribution >= 0.6 is 22.0 Å². The summed E-state index contributed by atoms with van der Waals surface area (Å²) in [6, 6.07) is 3.03. The molecule has 0 bridgehead atoms. The van der Waals surface area contributed by atoms with Gasteiger partial charge in [0.15, 0.2) is 0 Å². The number of nitrogens with one attached hydrogen (secondary N) is 1. The minimum atomic E-state index is -3.71. The Labute approximate surface area is 126 Å². The molecule has 1 saturated heterocycles. The summed E-state index contributed by atoms with van der Waals surface area (Å²) in [5, 5.41) is 2.86. The molecule has 2 unspecified atom stereocenters. The molecule has 0 spiro atoms. The zero-order valence-electron chi connectivity index (χ0n) is 11.0. The van der Waals surface area contributed by atoms with E-state index in [2.05, 4.69) is 5.32 Å². The molecule has 1 N–H and O–H groups in total. The third kappa shape index (κ3) is 4.18. The van der Waals surface area contributed by atoms with Crippen molar-refractivity contribution < 1.29 is 17.9 Å². The summed E-state index contributed by atoms with van der Waals surface area (Å²) in [6.45, 7) is 3.33. The van der Waals surface area contributed by atoms with Gasteiger partial charge in [0.25, 0.3) is 9.05 Å². The maximum Gasteiger partial charge on any atom is 0.270 e. The van der Waals surface area contributed by atoms with Crippen molar-refractivity contribution in [3.63, 3.8) is 0 Å². The Morgan fingerprint density at radius 1 is 1.55 bits per heavy atom. The van der Waals surface area contributed by atoms with Crippen molar-refractivity contribution >= 4 is 37.0 Å². The lowest BCUT2D eigenvalue weighted by molar-refractivity contribution is -0.120. The Balaban J connectivity index is 1.84. The lowest BCUT2D eigenvalue weighted by atomic mass is 10.0. The van der Waals surface area contributed by atoms with Gasteiger partial charge in [0.1, 0.15) is 4.21 Å². The predicted molar refractivity (Wildman–Crippen MR) is 77.6 cm³/mol. The maximum atomic E-state index is 11.8. The van der Waals surface area contributed by atoms with Crippen LogP contribution in [0, 0.1) is 5.92 Å². The first kappa shape index (κ1) is 15.8. The third-order valence-electron chi connectivity index (χ3n) is 3.31. The summed E-state index contributed by atoms with van der Waals surface area (Å²) in [6.07, 6.45) is 1.29. The van der Waals surface area contributed by atoms with Crippen LogP contribution in [0.5, 0.6) is 0 Å². The molecule has 1 amide bonds. The quantitative estimate of drug-likeness (QED) is 0.831. The van der Waals surface area contributed by atoms with E-state index in [1.54, 1.807) is 6.07 Å². The largest absolute Gasteiger partial charge is 0.378 e. The van der Waals surface area contributed by atoms with Gasteiger partial charge in [0.05, 0.1) is 12.5 Å². The highest BCUT2D eigenvalue weighted by atomic mass is 35.7. The Bertz CT molecular complexity index is 584. The van der Waals surface area contributed by atoms with Crippen LogP contribution in [0.15, 0.2) is 16.3 Å². The summed E-state index contributed by atoms with van der Waals surface area (Å²) in [4.78, 5) is 12.5. The van der Waals surface area contributed by atoms with Gasteiger partial charge >= 0.3 is 0 Å². The number of amides is 1. The van der Waals surface area contributed by atoms with E-state index >= 15 is 0 Å². The highest BCUT2D eigenvalue weighted by molar-refractivity contribution is 8.15. The van der Waals surface area contributed by atoms with E-state index < -0.39 is 9.05 Å². The van der Waals surface area contributed by atoms with Gasteiger partial charge in [-0.3, -0.25) is 4.79 Å². The molecule has 1 aliphatic heterocycles. The number of halogens is 1. The number of ether oxygens (including phenoxy) is 1. The van der Waals surface area contributed by atoms with E-state index in [9.17, 15) is 13.2 Å². The van der Waals surface area contributed by atoms with E-state index in [0.29, 0.717) is 17.3 Å². The van der Waals surface area contributed by atoms with E-state index in [1.807, 2.05) is 6.92 Å². The lowest BCUT2D eigenvalue weighted by Crippen LogP contribution is -2.32. The fourth-order valence-corrected chi connectivity index (χ4v) is 4.22. The van der Waals surface area contributed by atoms with Crippen LogP contribution < -0.4 is 5.32 Å². The van der Waals surface area contributed by atoms with Crippen LogP contribution in [0.25, 0.3) is 0 Å². The number of carbonyl (C=O) groups is 1. The smallest absolute Gasteiger partial charge is 0.270 e. The molecule has 0 aromatic carbocycles. The Morgan fingerprint density at radius 3 is 2.85 bits per heavy atom. The number of thiophene rings is 1. The van der Waals surface area contributed by atoms with E-state index in [4.69, 9.17) is 15.4 Å². The van der Waals surface area contributed by atoms with Gasteiger partial charge in [-0.1, -0.05) is 0 Å². The topological polar surface area (TPSA) is 72.5 Å². The molecule has 1 fully saturated rings. The average Bonchev–Trinajstić information content (AvgIpc) is 2.95. The first-order chi connectivity index (χ1) is 9.36. The predicted octanol–water partition coefficient (Wildman–Crippen LogP) is 1.76. The van der Waals surface area contributed by atoms with Crippen molar-refractivity contribution in [1.82, 2.24) is 5.32 Å². The number of hydrogen-bond acceptors (Lipinski definition) is 5. The lowest BCUT2D eigenvalue weighted by Gasteiger charge is -2.14. The molecule has 2 rings (SSSR count). The molecule has 5 nitrogen and oxygen atoms in total. The van der Waals surface area contributed by atoms with Crippen LogP contribution in [0.2, 0.25) is 0 Å². The first-order valence-electron chi connectivity index (χ1n) is 6.28. The Morgan fingerprint density at radius 2 is 2.30 bits per heavy atom. The molecule has 0 saturated carbocycles. The average molecular weight is 338 g/mol. The van der Waals surface area contributed by atoms with Crippen molar-refractivity contribution in [1.29, 1.82) is 0 Å². The summed E-state index contributed by atoms with van der Waals surface area (Å²) in [7, 11) is 1.53. The van der Waals surface area contributed by atoms with Crippen molar-refractivity contribution in [3.8, 4) is 0 Å². The van der Waals surface area contributed by atoms with Gasteiger partial charge in [-0.25, -0.2) is 8.42 Å². The number of carbonyl (C=O) groups excluding carboxylic acids is 1. The molecule has 0 radical (unpaired) electrons. The minimum Gasteiger partial charge on any atom is -0.378 e. The second-order valence-electron chi connectivity index (χ2n) is 4.76. The van der Waals surface area contributed by atoms with Crippen LogP contribution in [-0.2, 0) is 25.0 Å². The standard InChI is InChI=1S/C12H16ClNO4S2/c1-8-9(4-5-18-8)7-14-11(15)6-10-2-3-12(19-10)20(13,16)17/h2-3,8-9H,4-7H2,1H3,(H,14,15). The summed E-state index contributed by atoms with van der Waals surface area (Å²) in [5.41, 5.74) is 0. The van der Waals surface area contributed by atoms with Crippen LogP contribution in [0.4, 0.5) is 0 Å². The summed E-state index contributed by atoms with van der Waals surface area (Å²) >= 11 is 1.02. The minimum absolute atomic E-state index is 0.0692. The summed E-state index contributed by atoms with van der Waals surface area (Å²) in [5.74, 6) is 0.227. The molecule has 0 aliphatic carbocycles. The fraction of sp³-hybridized carbons (Fsp3) is 0.583. The number of hydrogen-bond donors (Lipinski definition) is 1. The van der Waals surface area contributed by atoms with Gasteiger partial charge in [-0.05, 0) is 25.5 Å². The molecular formula is C12H16ClNO4S2. The van der Waals surface area contributed by atoms with E-state index in [1.165, 1.54) is 6.07 Å². The van der Waals surface area contributed by atoms with Crippen molar-refractivity contribution in [2.24, 2.45) is 5.92 Å². The summed E-state index contributed by atoms with van der Waals surface area (Å²) < 4.78 is 27.8. The molecule has 1 aromatic heterocycles. The van der Waals surface area contributed by atoms with Crippen LogP contribution in [-0.4, -0.2) is 33.6 Å². The normalized spacial score (nSPS) is 22.9. The van der Waals surface area contributed by atoms with Gasteiger partial charge in [0.2, 0.25) is 5.91 Å². The van der Waals surface area contributed by atoms with Gasteiger partial charge < -0.3 is 10.1 Å². The van der Waals surface area contributed by atoms with Crippen molar-refractivity contribution in [2.45, 2.75) is 30.1 Å². The molecule has 112 valence electrons. The SMILES string of the molecule is CC1OCCC1CNC(=O)Cc1ccc(S(=O)(=O)Cl)s1. The van der Waals surface area contributed by atoms with E-state index in [-0.39, 0.29) is 22.6 Å². The molecule has 2 atom stereocenters. The Kier molecular flexibility index (Phi) is 5.06. The van der Waals surface area contributed by atoms with Gasteiger partial charge in [0, 0.05) is 34.6 Å². The van der Waals surface area contributed by atoms with Crippen molar-refractivity contribution in [2.75, 3.05) is 13.2 Å². The van der Waals surface area contributed by atoms with E-state index in [0.717, 1.165) is 24.4 Å². The van der Waals surface area contributed by atoms with Crippen LogP contribution in [0.1, 0.15) is 18.2 Å². The molecule has 2 heterocycles. The molecule has 1 aromatic rings. The maximum absolute atomic E-state index is 11.8. The van der Waals surface area contributed by atoms with Crippen LogP contribution in [0.3, 0.4) is 0 Å². The molecule has 20 heavy (non-hydrogen) atoms. The first-order valence-corrected chi connectivity index (χ1v) is 9.40. The van der Waals surface area contributed by atoms with Gasteiger partial charge in [-0.15, -0.1) is 11.3 Å². The molecular weight excluding hydrogens is 322 g/mol. The monoisotopic (exact) mass is 337 g/mol. The second kappa shape index (κ2) is 6.43. The molecule has 1 aliphatic rings. The van der Waals surface area contributed by atoms with Crippen molar-refractivity contribution in [3.05, 3.63) is 17.0 Å². The molecule has 8 heteroatoms. The fourth-order valence-electron chi connectivity index (χ4n) is 2.09. The highest BCUT2D eigenvalue weighted by Crippen LogP contribution is 2.25. The second-order valence-corrected chi connectivity index (χ2v) is 8.73. The Hall–Kier alpha value is -0.630. The number of rotatable bonds is 5. The third-order valence-corrected chi connectivity index (χ3v) is 6.48.